The first-order valence-corrected chi connectivity index (χ1v) is 13.0. The van der Waals surface area contributed by atoms with Crippen molar-refractivity contribution in [2.24, 2.45) is 0 Å². The van der Waals surface area contributed by atoms with Crippen molar-refractivity contribution >= 4 is 17.2 Å². The molecule has 5 heterocycles. The lowest BCUT2D eigenvalue weighted by Crippen LogP contribution is -2.30. The van der Waals surface area contributed by atoms with Gasteiger partial charge >= 0.3 is 13.2 Å². The number of nitrogens with one attached hydrogen (secondary N) is 2. The smallest absolute Gasteiger partial charge is 0.387 e. The van der Waals surface area contributed by atoms with Crippen molar-refractivity contribution in [1.29, 1.82) is 0 Å². The van der Waals surface area contributed by atoms with Crippen molar-refractivity contribution < 1.29 is 31.8 Å². The highest BCUT2D eigenvalue weighted by molar-refractivity contribution is 6.09. The van der Waals surface area contributed by atoms with Crippen molar-refractivity contribution in [1.82, 2.24) is 49.9 Å². The number of alkyl halides is 4. The normalized spacial score (nSPS) is 14.1. The van der Waals surface area contributed by atoms with E-state index >= 15 is 0 Å². The molecule has 0 unspecified atom stereocenters. The third-order valence-electron chi connectivity index (χ3n) is 6.59. The van der Waals surface area contributed by atoms with Crippen LogP contribution in [0.2, 0.25) is 0 Å². The van der Waals surface area contributed by atoms with Gasteiger partial charge in [0, 0.05) is 18.6 Å². The van der Waals surface area contributed by atoms with Crippen molar-refractivity contribution in [3.8, 4) is 22.8 Å². The molecule has 18 heteroatoms. The molecule has 0 radical (unpaired) electrons. The van der Waals surface area contributed by atoms with Crippen molar-refractivity contribution in [2.45, 2.75) is 38.7 Å². The maximum atomic E-state index is 13.3. The quantitative estimate of drug-likeness (QED) is 0.229. The Labute approximate surface area is 239 Å². The van der Waals surface area contributed by atoms with E-state index in [4.69, 9.17) is 0 Å². The van der Waals surface area contributed by atoms with Gasteiger partial charge in [-0.05, 0) is 55.4 Å². The van der Waals surface area contributed by atoms with E-state index in [0.29, 0.717) is 5.82 Å². The number of hydrogen-bond acceptors (Lipinski definition) is 10. The highest BCUT2D eigenvalue weighted by Crippen LogP contribution is 2.38. The van der Waals surface area contributed by atoms with Crippen molar-refractivity contribution in [2.75, 3.05) is 18.4 Å². The highest BCUT2D eigenvalue weighted by atomic mass is 19.3. The van der Waals surface area contributed by atoms with Crippen LogP contribution in [-0.2, 0) is 6.54 Å². The van der Waals surface area contributed by atoms with Gasteiger partial charge in [0.15, 0.2) is 11.5 Å². The van der Waals surface area contributed by atoms with E-state index in [9.17, 15) is 22.4 Å². The van der Waals surface area contributed by atoms with Gasteiger partial charge in [0.25, 0.3) is 5.91 Å². The number of piperidine rings is 1. The summed E-state index contributed by atoms with van der Waals surface area (Å²) in [5.74, 6) is -1.06. The van der Waals surface area contributed by atoms with Gasteiger partial charge in [0.1, 0.15) is 29.3 Å². The molecular formula is C25H23F4N11O3. The molecule has 43 heavy (non-hydrogen) atoms. The van der Waals surface area contributed by atoms with Gasteiger partial charge in [-0.2, -0.15) is 32.6 Å². The Balaban J connectivity index is 1.37. The molecule has 4 aromatic heterocycles. The summed E-state index contributed by atoms with van der Waals surface area (Å²) in [7, 11) is 0. The third-order valence-corrected chi connectivity index (χ3v) is 6.59. The number of rotatable bonds is 10. The molecule has 1 aromatic carbocycles. The molecule has 1 fully saturated rings. The second kappa shape index (κ2) is 12.0. The lowest BCUT2D eigenvalue weighted by molar-refractivity contribution is -0.0526. The minimum absolute atomic E-state index is 0.00955. The molecule has 14 nitrogen and oxygen atoms in total. The van der Waals surface area contributed by atoms with Crippen LogP contribution in [0.3, 0.4) is 0 Å². The van der Waals surface area contributed by atoms with Crippen LogP contribution in [0, 0.1) is 0 Å². The molecule has 2 N–H and O–H groups in total. The second-order valence-electron chi connectivity index (χ2n) is 9.41. The predicted octanol–water partition coefficient (Wildman–Crippen LogP) is 3.01. The largest absolute Gasteiger partial charge is 0.435 e. The van der Waals surface area contributed by atoms with E-state index in [-0.39, 0.29) is 52.2 Å². The first-order valence-electron chi connectivity index (χ1n) is 13.0. The first-order chi connectivity index (χ1) is 20.8. The Morgan fingerprint density at radius 1 is 1.12 bits per heavy atom. The minimum atomic E-state index is -3.24. The van der Waals surface area contributed by atoms with Gasteiger partial charge in [-0.1, -0.05) is 0 Å². The maximum absolute atomic E-state index is 13.3. The van der Waals surface area contributed by atoms with Gasteiger partial charge in [0.2, 0.25) is 0 Å². The Bertz CT molecular complexity index is 1730. The third kappa shape index (κ3) is 6.22. The number of ether oxygens (including phenoxy) is 2. The summed E-state index contributed by atoms with van der Waals surface area (Å²) in [4.78, 5) is 19.0. The van der Waals surface area contributed by atoms with E-state index in [0.717, 1.165) is 44.1 Å². The maximum Gasteiger partial charge on any atom is 0.387 e. The molecule has 0 aliphatic carbocycles. The number of carbonyl (C=O) groups excluding carboxylic acids is 1. The summed E-state index contributed by atoms with van der Waals surface area (Å²) in [6.45, 7) is -4.77. The average Bonchev–Trinajstić information content (AvgIpc) is 3.73. The van der Waals surface area contributed by atoms with Crippen LogP contribution >= 0.6 is 0 Å². The molecule has 1 saturated heterocycles. The van der Waals surface area contributed by atoms with Crippen LogP contribution in [0.4, 0.5) is 23.2 Å². The fourth-order valence-corrected chi connectivity index (χ4v) is 4.70. The molecule has 0 saturated carbocycles. The molecule has 224 valence electrons. The topological polar surface area (TPSA) is 151 Å². The van der Waals surface area contributed by atoms with Crippen LogP contribution in [-0.4, -0.2) is 76.8 Å². The Morgan fingerprint density at radius 2 is 1.93 bits per heavy atom. The highest BCUT2D eigenvalue weighted by Gasteiger charge is 2.24. The Hall–Kier alpha value is -5.13. The summed E-state index contributed by atoms with van der Waals surface area (Å²) >= 11 is 0. The van der Waals surface area contributed by atoms with E-state index < -0.39 is 19.1 Å². The molecule has 0 atom stereocenters. The summed E-state index contributed by atoms with van der Waals surface area (Å²) in [5.41, 5.74) is 0.210. The van der Waals surface area contributed by atoms with Crippen molar-refractivity contribution in [3.05, 3.63) is 60.4 Å². The van der Waals surface area contributed by atoms with Crippen LogP contribution in [0.25, 0.3) is 16.9 Å². The predicted molar refractivity (Wildman–Crippen MR) is 140 cm³/mol. The van der Waals surface area contributed by atoms with Gasteiger partial charge in [-0.15, -0.1) is 10.2 Å². The molecule has 0 bridgehead atoms. The lowest BCUT2D eigenvalue weighted by atomic mass is 10.1. The Kier molecular flexibility index (Phi) is 7.82. The Morgan fingerprint density at radius 3 is 2.72 bits per heavy atom. The molecule has 1 aliphatic heterocycles. The zero-order valence-corrected chi connectivity index (χ0v) is 22.1. The molecule has 5 aromatic rings. The van der Waals surface area contributed by atoms with Gasteiger partial charge in [-0.3, -0.25) is 9.48 Å². The molecule has 1 aliphatic rings. The van der Waals surface area contributed by atoms with Crippen LogP contribution in [0.15, 0.2) is 49.1 Å². The van der Waals surface area contributed by atoms with Gasteiger partial charge < -0.3 is 20.1 Å². The van der Waals surface area contributed by atoms with Crippen LogP contribution in [0.1, 0.15) is 35.1 Å². The molecule has 1 amide bonds. The molecule has 6 rings (SSSR count). The molecule has 0 spiro atoms. The fourth-order valence-electron chi connectivity index (χ4n) is 4.70. The number of benzene rings is 1. The van der Waals surface area contributed by atoms with E-state index in [1.807, 2.05) is 0 Å². The number of aromatic nitrogens is 9. The van der Waals surface area contributed by atoms with E-state index in [1.165, 1.54) is 27.8 Å². The van der Waals surface area contributed by atoms with Crippen molar-refractivity contribution in [3.63, 3.8) is 0 Å². The average molecular weight is 602 g/mol. The van der Waals surface area contributed by atoms with Gasteiger partial charge in [-0.25, -0.2) is 9.50 Å². The number of hydrogen-bond donors (Lipinski definition) is 2. The SMILES string of the molecule is O=C(Nc1cn(Cc2nnn(C3CCNCC3)n2)nc1-c1cc(OC(F)F)ccc1OC(F)F)c1cnn2cccnc12. The summed E-state index contributed by atoms with van der Waals surface area (Å²) in [6.07, 6.45) is 7.50. The first kappa shape index (κ1) is 28.0. The number of anilines is 1. The monoisotopic (exact) mass is 601 g/mol. The lowest BCUT2D eigenvalue weighted by Gasteiger charge is -2.20. The van der Waals surface area contributed by atoms with E-state index in [1.54, 1.807) is 17.1 Å². The van der Waals surface area contributed by atoms with E-state index in [2.05, 4.69) is 50.7 Å². The number of fused-ring (bicyclic) bond motifs is 1. The standard InChI is InChI=1S/C25H23F4N11O3/c26-24(27)42-15-2-3-19(43-25(28)29)16(10-15)21-18(33-23(41)17-11-32-39-9-1-6-31-22(17)39)12-38(36-21)13-20-34-37-40(35-20)14-4-7-30-8-5-14/h1-3,6,9-12,14,24-25,30H,4-5,7-8,13H2,(H,33,41). The number of carbonyl (C=O) groups is 1. The zero-order valence-electron chi connectivity index (χ0n) is 22.1. The minimum Gasteiger partial charge on any atom is -0.435 e. The van der Waals surface area contributed by atoms with Gasteiger partial charge in [0.05, 0.1) is 23.5 Å². The summed E-state index contributed by atoms with van der Waals surface area (Å²) < 4.78 is 64.5. The van der Waals surface area contributed by atoms with Crippen LogP contribution in [0.5, 0.6) is 11.5 Å². The number of amides is 1. The van der Waals surface area contributed by atoms with Crippen LogP contribution < -0.4 is 20.1 Å². The fraction of sp³-hybridized carbons (Fsp3) is 0.320. The number of tetrazole rings is 1. The number of halogens is 4. The number of nitrogens with zero attached hydrogens (tertiary/aromatic N) is 9. The summed E-state index contributed by atoms with van der Waals surface area (Å²) in [6, 6.07) is 4.88. The summed E-state index contributed by atoms with van der Waals surface area (Å²) in [5, 5.41) is 27.2. The zero-order chi connectivity index (χ0) is 29.9. The second-order valence-corrected chi connectivity index (χ2v) is 9.41. The molecular weight excluding hydrogens is 578 g/mol.